The zero-order valence-electron chi connectivity index (χ0n) is 12.1. The largest absolute Gasteiger partial charge is 0.393 e. The summed E-state index contributed by atoms with van der Waals surface area (Å²) < 4.78 is 0. The number of nitrogen functional groups attached to an aromatic ring is 1. The third-order valence-electron chi connectivity index (χ3n) is 3.50. The molecular formula is C15H16ClN5O. The summed E-state index contributed by atoms with van der Waals surface area (Å²) in [5, 5.41) is 6.26. The molecule has 0 spiro atoms. The second kappa shape index (κ2) is 5.81. The highest BCUT2D eigenvalue weighted by molar-refractivity contribution is 6.32. The fourth-order valence-corrected chi connectivity index (χ4v) is 2.13. The van der Waals surface area contributed by atoms with Crippen molar-refractivity contribution in [2.45, 2.75) is 25.8 Å². The minimum Gasteiger partial charge on any atom is -0.393 e. The van der Waals surface area contributed by atoms with Gasteiger partial charge in [-0.2, -0.15) is 0 Å². The van der Waals surface area contributed by atoms with Crippen molar-refractivity contribution in [2.75, 3.05) is 11.1 Å². The molecule has 114 valence electrons. The number of aryl methyl sites for hydroxylation is 1. The molecule has 22 heavy (non-hydrogen) atoms. The van der Waals surface area contributed by atoms with Crippen LogP contribution in [-0.2, 0) is 0 Å². The average molecular weight is 318 g/mol. The Hall–Kier alpha value is -2.34. The Morgan fingerprint density at radius 1 is 1.36 bits per heavy atom. The van der Waals surface area contributed by atoms with E-state index in [1.807, 2.05) is 13.0 Å². The number of hydrogen-bond acceptors (Lipinski definition) is 5. The minimum absolute atomic E-state index is 0.0701. The van der Waals surface area contributed by atoms with Gasteiger partial charge in [0.1, 0.15) is 12.0 Å². The molecular weight excluding hydrogens is 302 g/mol. The number of anilines is 3. The second-order valence-corrected chi connectivity index (χ2v) is 5.69. The third kappa shape index (κ3) is 3.12. The number of halogens is 1. The van der Waals surface area contributed by atoms with Crippen LogP contribution in [0.2, 0.25) is 5.15 Å². The van der Waals surface area contributed by atoms with E-state index < -0.39 is 0 Å². The molecule has 0 aliphatic heterocycles. The van der Waals surface area contributed by atoms with Crippen LogP contribution in [0.5, 0.6) is 0 Å². The molecule has 0 atom stereocenters. The average Bonchev–Trinajstić information content (AvgIpc) is 3.30. The van der Waals surface area contributed by atoms with Crippen LogP contribution in [0.3, 0.4) is 0 Å². The fourth-order valence-electron chi connectivity index (χ4n) is 2.00. The number of benzene rings is 1. The van der Waals surface area contributed by atoms with E-state index in [4.69, 9.17) is 17.3 Å². The van der Waals surface area contributed by atoms with Crippen LogP contribution >= 0.6 is 11.6 Å². The van der Waals surface area contributed by atoms with Crippen molar-refractivity contribution in [3.05, 3.63) is 40.8 Å². The number of nitrogens with one attached hydrogen (secondary N) is 2. The number of rotatable bonds is 4. The quantitative estimate of drug-likeness (QED) is 0.754. The Kier molecular flexibility index (Phi) is 3.85. The van der Waals surface area contributed by atoms with Gasteiger partial charge in [0.05, 0.1) is 0 Å². The van der Waals surface area contributed by atoms with Gasteiger partial charge in [-0.15, -0.1) is 0 Å². The van der Waals surface area contributed by atoms with E-state index >= 15 is 0 Å². The number of nitrogens with zero attached hydrogens (tertiary/aromatic N) is 2. The zero-order chi connectivity index (χ0) is 15.7. The van der Waals surface area contributed by atoms with Crippen molar-refractivity contribution in [2.24, 2.45) is 0 Å². The molecule has 1 aromatic heterocycles. The second-order valence-electron chi connectivity index (χ2n) is 5.33. The molecule has 0 radical (unpaired) electrons. The van der Waals surface area contributed by atoms with Gasteiger partial charge >= 0.3 is 0 Å². The number of nitrogens with two attached hydrogens (primary N) is 1. The molecule has 1 heterocycles. The maximum atomic E-state index is 12.1. The van der Waals surface area contributed by atoms with Crippen molar-refractivity contribution in [3.8, 4) is 0 Å². The summed E-state index contributed by atoms with van der Waals surface area (Å²) in [5.41, 5.74) is 8.45. The molecule has 7 heteroatoms. The molecule has 1 aliphatic carbocycles. The lowest BCUT2D eigenvalue weighted by Gasteiger charge is -2.12. The number of hydrogen-bond donors (Lipinski definition) is 3. The summed E-state index contributed by atoms with van der Waals surface area (Å²) >= 11 is 5.89. The highest BCUT2D eigenvalue weighted by Crippen LogP contribution is 2.28. The van der Waals surface area contributed by atoms with Crippen LogP contribution in [0, 0.1) is 6.92 Å². The lowest BCUT2D eigenvalue weighted by Crippen LogP contribution is -2.25. The monoisotopic (exact) mass is 317 g/mol. The maximum absolute atomic E-state index is 12.1. The highest BCUT2D eigenvalue weighted by atomic mass is 35.5. The van der Waals surface area contributed by atoms with Crippen LogP contribution in [0.15, 0.2) is 24.5 Å². The number of amides is 1. The summed E-state index contributed by atoms with van der Waals surface area (Å²) in [6.45, 7) is 1.93. The zero-order valence-corrected chi connectivity index (χ0v) is 12.8. The summed E-state index contributed by atoms with van der Waals surface area (Å²) in [6, 6.07) is 5.78. The molecule has 1 aliphatic rings. The van der Waals surface area contributed by atoms with Gasteiger partial charge in [0.2, 0.25) is 0 Å². The molecule has 1 amide bonds. The summed E-state index contributed by atoms with van der Waals surface area (Å²) in [6.07, 6.45) is 3.44. The lowest BCUT2D eigenvalue weighted by atomic mass is 10.1. The van der Waals surface area contributed by atoms with Crippen LogP contribution in [0.1, 0.15) is 28.8 Å². The first-order valence-electron chi connectivity index (χ1n) is 6.99. The van der Waals surface area contributed by atoms with Crippen molar-refractivity contribution in [1.29, 1.82) is 0 Å². The van der Waals surface area contributed by atoms with Gasteiger partial charge in [0.15, 0.2) is 11.0 Å². The van der Waals surface area contributed by atoms with Gasteiger partial charge in [-0.1, -0.05) is 17.7 Å². The van der Waals surface area contributed by atoms with E-state index in [0.29, 0.717) is 17.4 Å². The maximum Gasteiger partial charge on any atom is 0.251 e. The molecule has 1 fully saturated rings. The Morgan fingerprint density at radius 3 is 2.86 bits per heavy atom. The smallest absolute Gasteiger partial charge is 0.251 e. The molecule has 3 rings (SSSR count). The normalized spacial score (nSPS) is 13.7. The van der Waals surface area contributed by atoms with E-state index in [1.54, 1.807) is 12.1 Å². The van der Waals surface area contributed by atoms with E-state index in [-0.39, 0.29) is 16.7 Å². The minimum atomic E-state index is -0.0701. The summed E-state index contributed by atoms with van der Waals surface area (Å²) in [7, 11) is 0. The third-order valence-corrected chi connectivity index (χ3v) is 3.80. The van der Waals surface area contributed by atoms with Gasteiger partial charge in [-0.3, -0.25) is 4.79 Å². The number of carbonyl (C=O) groups is 1. The van der Waals surface area contributed by atoms with Crippen LogP contribution < -0.4 is 16.4 Å². The number of aromatic nitrogens is 2. The Labute approximate surface area is 133 Å². The molecule has 4 N–H and O–H groups in total. The summed E-state index contributed by atoms with van der Waals surface area (Å²) in [5.74, 6) is 0.349. The van der Waals surface area contributed by atoms with Crippen molar-refractivity contribution >= 4 is 34.7 Å². The van der Waals surface area contributed by atoms with Gasteiger partial charge in [-0.25, -0.2) is 9.97 Å². The first-order chi connectivity index (χ1) is 10.5. The summed E-state index contributed by atoms with van der Waals surface area (Å²) in [4.78, 5) is 20.0. The van der Waals surface area contributed by atoms with E-state index in [1.165, 1.54) is 6.33 Å². The molecule has 0 unspecified atom stereocenters. The predicted octanol–water partition coefficient (Wildman–Crippen LogP) is 2.66. The van der Waals surface area contributed by atoms with E-state index in [0.717, 1.165) is 24.1 Å². The van der Waals surface area contributed by atoms with Crippen LogP contribution in [0.25, 0.3) is 0 Å². The SMILES string of the molecule is Cc1ccc(C(=O)NC2CC2)cc1Nc1ncnc(Cl)c1N. The Balaban J connectivity index is 1.86. The molecule has 2 aromatic rings. The topological polar surface area (TPSA) is 92.9 Å². The van der Waals surface area contributed by atoms with Crippen LogP contribution in [0.4, 0.5) is 17.2 Å². The van der Waals surface area contributed by atoms with Crippen molar-refractivity contribution < 1.29 is 4.79 Å². The van der Waals surface area contributed by atoms with Crippen molar-refractivity contribution in [1.82, 2.24) is 15.3 Å². The molecule has 6 nitrogen and oxygen atoms in total. The van der Waals surface area contributed by atoms with Crippen molar-refractivity contribution in [3.63, 3.8) is 0 Å². The first-order valence-corrected chi connectivity index (χ1v) is 7.37. The van der Waals surface area contributed by atoms with E-state index in [2.05, 4.69) is 20.6 Å². The highest BCUT2D eigenvalue weighted by Gasteiger charge is 2.24. The standard InChI is InChI=1S/C15H16ClN5O/c1-8-2-3-9(15(22)20-10-4-5-10)6-11(8)21-14-12(17)13(16)18-7-19-14/h2-3,6-7,10H,4-5,17H2,1H3,(H,20,22)(H,18,19,21). The van der Waals surface area contributed by atoms with Gasteiger partial charge in [-0.05, 0) is 37.5 Å². The number of carbonyl (C=O) groups excluding carboxylic acids is 1. The van der Waals surface area contributed by atoms with Gasteiger partial charge in [0.25, 0.3) is 5.91 Å². The van der Waals surface area contributed by atoms with Gasteiger partial charge in [0, 0.05) is 17.3 Å². The molecule has 0 bridgehead atoms. The predicted molar refractivity (Wildman–Crippen MR) is 86.4 cm³/mol. The Morgan fingerprint density at radius 2 is 2.14 bits per heavy atom. The van der Waals surface area contributed by atoms with Gasteiger partial charge < -0.3 is 16.4 Å². The molecule has 1 saturated carbocycles. The fraction of sp³-hybridized carbons (Fsp3) is 0.267. The van der Waals surface area contributed by atoms with E-state index in [9.17, 15) is 4.79 Å². The lowest BCUT2D eigenvalue weighted by molar-refractivity contribution is 0.0951. The Bertz CT molecular complexity index is 730. The molecule has 0 saturated heterocycles. The first kappa shape index (κ1) is 14.6. The molecule has 1 aromatic carbocycles. The van der Waals surface area contributed by atoms with Crippen LogP contribution in [-0.4, -0.2) is 21.9 Å².